The number of benzene rings is 1. The van der Waals surface area contributed by atoms with Gasteiger partial charge in [0.2, 0.25) is 17.5 Å². The highest BCUT2D eigenvalue weighted by Gasteiger charge is 2.36. The third kappa shape index (κ3) is 5.46. The Kier molecular flexibility index (Phi) is 7.78. The van der Waals surface area contributed by atoms with Gasteiger partial charge in [-0.15, -0.1) is 0 Å². The first-order chi connectivity index (χ1) is 17.3. The molecular formula is C26H29N7O2S. The summed E-state index contributed by atoms with van der Waals surface area (Å²) < 4.78 is 0. The highest BCUT2D eigenvalue weighted by molar-refractivity contribution is 8.00. The molecule has 186 valence electrons. The van der Waals surface area contributed by atoms with Crippen LogP contribution in [0.5, 0.6) is 0 Å². The summed E-state index contributed by atoms with van der Waals surface area (Å²) in [7, 11) is 0. The van der Waals surface area contributed by atoms with Crippen LogP contribution in [0, 0.1) is 17.9 Å². The molecule has 4 rings (SSSR count). The molecular weight excluding hydrogens is 474 g/mol. The third-order valence-electron chi connectivity index (χ3n) is 6.51. The maximum Gasteiger partial charge on any atom is 0.236 e. The molecule has 2 aromatic rings. The van der Waals surface area contributed by atoms with Crippen molar-refractivity contribution in [3.05, 3.63) is 58.4 Å². The molecule has 2 amide bonds. The molecule has 1 aromatic heterocycles. The second-order valence-corrected chi connectivity index (χ2v) is 10.3. The van der Waals surface area contributed by atoms with Crippen LogP contribution in [0.2, 0.25) is 0 Å². The first kappa shape index (κ1) is 25.5. The molecule has 1 saturated heterocycles. The normalized spacial score (nSPS) is 17.5. The number of carbonyl (C=O) groups excluding carboxylic acids is 2. The number of hydrogen-bond donors (Lipinski definition) is 3. The smallest absolute Gasteiger partial charge is 0.236 e. The molecule has 0 radical (unpaired) electrons. The number of amides is 2. The summed E-state index contributed by atoms with van der Waals surface area (Å²) >= 11 is 1.16. The maximum absolute atomic E-state index is 12.4. The van der Waals surface area contributed by atoms with Gasteiger partial charge in [-0.05, 0) is 49.7 Å². The van der Waals surface area contributed by atoms with E-state index < -0.39 is 17.2 Å². The van der Waals surface area contributed by atoms with E-state index in [1.165, 1.54) is 0 Å². The standard InChI is InChI=1S/C26H29N7O2S/c1-15(28)25(35)31-18-10-12-33(13-11-18)24-21(30-2)20(16-8-9-16)19(14-27)26(32-24)36-22(23(29)34)17-6-4-3-5-7-17/h3-7,15-16,18,22H,8-13,28H2,1H3,(H2,29,34)(H,31,35)/t15-,22?/m1/s1. The molecule has 1 aromatic carbocycles. The van der Waals surface area contributed by atoms with Gasteiger partial charge in [0.05, 0.1) is 18.2 Å². The lowest BCUT2D eigenvalue weighted by Crippen LogP contribution is -2.49. The number of primary amides is 1. The quantitative estimate of drug-likeness (QED) is 0.371. The summed E-state index contributed by atoms with van der Waals surface area (Å²) in [5.74, 6) is -0.0376. The van der Waals surface area contributed by atoms with Gasteiger partial charge in [0.25, 0.3) is 0 Å². The molecule has 1 aliphatic carbocycles. The van der Waals surface area contributed by atoms with Crippen LogP contribution in [0.15, 0.2) is 35.4 Å². The van der Waals surface area contributed by atoms with Gasteiger partial charge >= 0.3 is 0 Å². The van der Waals surface area contributed by atoms with Crippen LogP contribution in [-0.4, -0.2) is 42.0 Å². The molecule has 2 heterocycles. The van der Waals surface area contributed by atoms with Crippen LogP contribution in [-0.2, 0) is 9.59 Å². The number of nitrogens with two attached hydrogens (primary N) is 2. The van der Waals surface area contributed by atoms with E-state index in [-0.39, 0.29) is 17.9 Å². The van der Waals surface area contributed by atoms with E-state index in [4.69, 9.17) is 23.0 Å². The molecule has 10 heteroatoms. The molecule has 1 aliphatic heterocycles. The van der Waals surface area contributed by atoms with Gasteiger partial charge in [0.15, 0.2) is 0 Å². The van der Waals surface area contributed by atoms with Gasteiger partial charge in [-0.25, -0.2) is 9.83 Å². The Morgan fingerprint density at radius 3 is 2.44 bits per heavy atom. The topological polar surface area (TPSA) is 142 Å². The van der Waals surface area contributed by atoms with Crippen molar-refractivity contribution in [2.75, 3.05) is 18.0 Å². The molecule has 2 aliphatic rings. The zero-order valence-corrected chi connectivity index (χ0v) is 20.9. The fraction of sp³-hybridized carbons (Fsp3) is 0.423. The van der Waals surface area contributed by atoms with Gasteiger partial charge in [0, 0.05) is 19.1 Å². The second kappa shape index (κ2) is 11.0. The van der Waals surface area contributed by atoms with Crippen LogP contribution in [0.25, 0.3) is 4.85 Å². The number of piperidine rings is 1. The summed E-state index contributed by atoms with van der Waals surface area (Å²) in [6.07, 6.45) is 3.20. The Labute approximate surface area is 215 Å². The van der Waals surface area contributed by atoms with Crippen molar-refractivity contribution in [1.29, 1.82) is 5.26 Å². The number of anilines is 1. The number of rotatable bonds is 8. The average molecular weight is 504 g/mol. The summed E-state index contributed by atoms with van der Waals surface area (Å²) in [6, 6.07) is 10.9. The fourth-order valence-corrected chi connectivity index (χ4v) is 5.50. The number of nitrogens with zero attached hydrogens (tertiary/aromatic N) is 4. The predicted molar refractivity (Wildman–Crippen MR) is 138 cm³/mol. The Balaban J connectivity index is 1.69. The van der Waals surface area contributed by atoms with E-state index in [1.807, 2.05) is 35.2 Å². The molecule has 0 bridgehead atoms. The minimum absolute atomic E-state index is 0.00333. The van der Waals surface area contributed by atoms with Gasteiger partial charge in [-0.1, -0.05) is 42.1 Å². The number of nitriles is 1. The Hall–Kier alpha value is -3.60. The van der Waals surface area contributed by atoms with Crippen molar-refractivity contribution in [2.24, 2.45) is 11.5 Å². The van der Waals surface area contributed by atoms with Crippen LogP contribution >= 0.6 is 11.8 Å². The van der Waals surface area contributed by atoms with E-state index in [0.29, 0.717) is 48.0 Å². The van der Waals surface area contributed by atoms with Crippen molar-refractivity contribution in [3.63, 3.8) is 0 Å². The molecule has 36 heavy (non-hydrogen) atoms. The Morgan fingerprint density at radius 2 is 1.92 bits per heavy atom. The third-order valence-corrected chi connectivity index (χ3v) is 7.77. The Bertz CT molecular complexity index is 1220. The minimum Gasteiger partial charge on any atom is -0.368 e. The first-order valence-corrected chi connectivity index (χ1v) is 12.9. The minimum atomic E-state index is -0.719. The number of nitrogens with one attached hydrogen (secondary N) is 1. The van der Waals surface area contributed by atoms with Crippen molar-refractivity contribution in [2.45, 2.75) is 60.9 Å². The van der Waals surface area contributed by atoms with Crippen molar-refractivity contribution >= 4 is 35.1 Å². The lowest BCUT2D eigenvalue weighted by molar-refractivity contribution is -0.122. The summed E-state index contributed by atoms with van der Waals surface area (Å²) in [6.45, 7) is 10.8. The fourth-order valence-electron chi connectivity index (χ4n) is 4.45. The molecule has 1 unspecified atom stereocenters. The zero-order valence-electron chi connectivity index (χ0n) is 20.1. The van der Waals surface area contributed by atoms with E-state index in [0.717, 1.165) is 35.7 Å². The molecule has 9 nitrogen and oxygen atoms in total. The van der Waals surface area contributed by atoms with E-state index in [9.17, 15) is 14.9 Å². The molecule has 5 N–H and O–H groups in total. The highest BCUT2D eigenvalue weighted by atomic mass is 32.2. The van der Waals surface area contributed by atoms with Gasteiger partial charge in [0.1, 0.15) is 22.2 Å². The van der Waals surface area contributed by atoms with E-state index in [1.54, 1.807) is 6.92 Å². The maximum atomic E-state index is 12.4. The molecule has 2 atom stereocenters. The Morgan fingerprint density at radius 1 is 1.25 bits per heavy atom. The summed E-state index contributed by atoms with van der Waals surface area (Å²) in [4.78, 5) is 35.1. The lowest BCUT2D eigenvalue weighted by Gasteiger charge is -2.35. The highest BCUT2D eigenvalue weighted by Crippen LogP contribution is 2.51. The summed E-state index contributed by atoms with van der Waals surface area (Å²) in [5, 5.41) is 12.8. The lowest BCUT2D eigenvalue weighted by atomic mass is 10.0. The van der Waals surface area contributed by atoms with Crippen molar-refractivity contribution < 1.29 is 9.59 Å². The van der Waals surface area contributed by atoms with Crippen molar-refractivity contribution in [1.82, 2.24) is 10.3 Å². The molecule has 2 fully saturated rings. The number of carbonyl (C=O) groups is 2. The number of hydrogen-bond acceptors (Lipinski definition) is 7. The SMILES string of the molecule is [C-]#[N+]c1c(N2CCC(NC(=O)[C@@H](C)N)CC2)nc(SC(C(N)=O)c2ccccc2)c(C#N)c1C1CC1. The van der Waals surface area contributed by atoms with Crippen LogP contribution in [0.4, 0.5) is 11.5 Å². The van der Waals surface area contributed by atoms with Crippen LogP contribution in [0.3, 0.4) is 0 Å². The zero-order chi connectivity index (χ0) is 25.8. The van der Waals surface area contributed by atoms with Crippen LogP contribution < -0.4 is 21.7 Å². The van der Waals surface area contributed by atoms with E-state index >= 15 is 0 Å². The van der Waals surface area contributed by atoms with Gasteiger partial charge in [-0.3, -0.25) is 9.59 Å². The number of aromatic nitrogens is 1. The van der Waals surface area contributed by atoms with Gasteiger partial charge in [-0.2, -0.15) is 5.26 Å². The largest absolute Gasteiger partial charge is 0.368 e. The molecule has 0 spiro atoms. The summed E-state index contributed by atoms with van der Waals surface area (Å²) in [5.41, 5.74) is 13.7. The monoisotopic (exact) mass is 503 g/mol. The number of thioether (sulfide) groups is 1. The first-order valence-electron chi connectivity index (χ1n) is 12.0. The predicted octanol–water partition coefficient (Wildman–Crippen LogP) is 3.13. The average Bonchev–Trinajstić information content (AvgIpc) is 3.72. The van der Waals surface area contributed by atoms with E-state index in [2.05, 4.69) is 16.2 Å². The number of pyridine rings is 1. The van der Waals surface area contributed by atoms with Crippen molar-refractivity contribution in [3.8, 4) is 6.07 Å². The second-order valence-electron chi connectivity index (χ2n) is 9.25. The van der Waals surface area contributed by atoms with Gasteiger partial charge < -0.3 is 21.7 Å². The molecule has 1 saturated carbocycles. The van der Waals surface area contributed by atoms with Crippen LogP contribution in [0.1, 0.15) is 60.5 Å².